The number of hydrogen-bond donors (Lipinski definition) is 2. The summed E-state index contributed by atoms with van der Waals surface area (Å²) in [7, 11) is 0. The van der Waals surface area contributed by atoms with Crippen LogP contribution in [0.4, 0.5) is 0 Å². The minimum atomic E-state index is -1.25. The minimum absolute atomic E-state index is 0.462. The molecule has 2 aliphatic heterocycles. The second kappa shape index (κ2) is 2.94. The van der Waals surface area contributed by atoms with Crippen LogP contribution in [0.25, 0.3) is 0 Å². The molecular weight excluding hydrogens is 220 g/mol. The first-order valence-corrected chi connectivity index (χ1v) is 5.96. The van der Waals surface area contributed by atoms with Crippen molar-refractivity contribution in [3.8, 4) is 11.5 Å². The fourth-order valence-electron chi connectivity index (χ4n) is 2.65. The number of fused-ring (bicyclic) bond motifs is 3. The second-order valence-corrected chi connectivity index (χ2v) is 4.75. The Morgan fingerprint density at radius 2 is 1.65 bits per heavy atom. The van der Waals surface area contributed by atoms with Gasteiger partial charge in [-0.25, -0.2) is 0 Å². The lowest BCUT2D eigenvalue weighted by molar-refractivity contribution is -0.211. The van der Waals surface area contributed by atoms with E-state index in [0.29, 0.717) is 29.9 Å². The highest BCUT2D eigenvalue weighted by atomic mass is 16.7. The maximum absolute atomic E-state index is 10.2. The molecule has 2 heterocycles. The monoisotopic (exact) mass is 236 g/mol. The van der Waals surface area contributed by atoms with Gasteiger partial charge in [0, 0.05) is 12.8 Å². The van der Waals surface area contributed by atoms with E-state index in [4.69, 9.17) is 9.47 Å². The van der Waals surface area contributed by atoms with Crippen LogP contribution in [0.3, 0.4) is 0 Å². The van der Waals surface area contributed by atoms with Crippen molar-refractivity contribution in [3.05, 3.63) is 22.8 Å². The zero-order chi connectivity index (χ0) is 12.4. The van der Waals surface area contributed by atoms with Crippen molar-refractivity contribution in [3.63, 3.8) is 0 Å². The van der Waals surface area contributed by atoms with Crippen LogP contribution in [0.15, 0.2) is 6.07 Å². The maximum atomic E-state index is 10.2. The predicted octanol–water partition coefficient (Wildman–Crippen LogP) is 1.89. The van der Waals surface area contributed by atoms with Crippen LogP contribution in [0, 0.1) is 6.92 Å². The summed E-state index contributed by atoms with van der Waals surface area (Å²) in [5.74, 6) is -1.19. The van der Waals surface area contributed by atoms with Gasteiger partial charge in [-0.1, -0.05) is 13.8 Å². The Bertz CT molecular complexity index is 482. The van der Waals surface area contributed by atoms with Gasteiger partial charge < -0.3 is 19.7 Å². The van der Waals surface area contributed by atoms with Crippen LogP contribution in [-0.2, 0) is 11.6 Å². The fourth-order valence-corrected chi connectivity index (χ4v) is 2.65. The molecule has 92 valence electrons. The Morgan fingerprint density at radius 1 is 1.06 bits per heavy atom. The van der Waals surface area contributed by atoms with E-state index in [2.05, 4.69) is 0 Å². The van der Waals surface area contributed by atoms with E-state index in [1.807, 2.05) is 26.8 Å². The van der Waals surface area contributed by atoms with Gasteiger partial charge in [0.2, 0.25) is 11.6 Å². The van der Waals surface area contributed by atoms with Gasteiger partial charge in [0.15, 0.2) is 0 Å². The summed E-state index contributed by atoms with van der Waals surface area (Å²) >= 11 is 0. The van der Waals surface area contributed by atoms with Crippen molar-refractivity contribution in [1.29, 1.82) is 0 Å². The van der Waals surface area contributed by atoms with Crippen LogP contribution in [-0.4, -0.2) is 10.2 Å². The van der Waals surface area contributed by atoms with Crippen molar-refractivity contribution >= 4 is 0 Å². The summed E-state index contributed by atoms with van der Waals surface area (Å²) in [4.78, 5) is 0. The summed E-state index contributed by atoms with van der Waals surface area (Å²) in [6.45, 7) is 5.62. The third-order valence-corrected chi connectivity index (χ3v) is 3.73. The lowest BCUT2D eigenvalue weighted by atomic mass is 9.83. The maximum Gasteiger partial charge on any atom is 0.241 e. The Morgan fingerprint density at radius 3 is 2.24 bits per heavy atom. The molecule has 3 rings (SSSR count). The van der Waals surface area contributed by atoms with Gasteiger partial charge in [0.25, 0.3) is 0 Å². The molecule has 1 aromatic carbocycles. The molecule has 4 nitrogen and oxygen atoms in total. The summed E-state index contributed by atoms with van der Waals surface area (Å²) in [6, 6.07) is 1.85. The minimum Gasteiger partial charge on any atom is -0.457 e. The lowest BCUT2D eigenvalue weighted by Gasteiger charge is -2.48. The van der Waals surface area contributed by atoms with Crippen LogP contribution in [0.1, 0.15) is 43.4 Å². The van der Waals surface area contributed by atoms with Gasteiger partial charge in [0.05, 0.1) is 5.56 Å². The van der Waals surface area contributed by atoms with Crippen molar-refractivity contribution in [1.82, 2.24) is 0 Å². The third kappa shape index (κ3) is 1.10. The standard InChI is InChI=1S/C13H16O4/c1-4-12(14)9-7(3)6-8-10(11(9)17-12)13(15,5-2)16-8/h6,14-15H,4-5H2,1-3H3. The Hall–Kier alpha value is -1.26. The van der Waals surface area contributed by atoms with Gasteiger partial charge >= 0.3 is 0 Å². The average Bonchev–Trinajstić information content (AvgIpc) is 2.25. The summed E-state index contributed by atoms with van der Waals surface area (Å²) in [6.07, 6.45) is 0.953. The van der Waals surface area contributed by atoms with Gasteiger partial charge in [-0.05, 0) is 18.6 Å². The Balaban J connectivity index is 2.18. The largest absolute Gasteiger partial charge is 0.457 e. The first kappa shape index (κ1) is 10.9. The van der Waals surface area contributed by atoms with Crippen molar-refractivity contribution < 1.29 is 19.7 Å². The Kier molecular flexibility index (Phi) is 1.88. The van der Waals surface area contributed by atoms with Crippen LogP contribution < -0.4 is 9.47 Å². The molecule has 0 fully saturated rings. The molecule has 17 heavy (non-hydrogen) atoms. The van der Waals surface area contributed by atoms with Crippen LogP contribution in [0.2, 0.25) is 0 Å². The highest BCUT2D eigenvalue weighted by Gasteiger charge is 2.54. The molecule has 0 radical (unpaired) electrons. The first-order valence-electron chi connectivity index (χ1n) is 5.96. The highest BCUT2D eigenvalue weighted by Crippen LogP contribution is 2.59. The molecule has 0 saturated heterocycles. The molecule has 2 aliphatic rings. The van der Waals surface area contributed by atoms with Crippen LogP contribution in [0.5, 0.6) is 11.5 Å². The van der Waals surface area contributed by atoms with E-state index in [0.717, 1.165) is 11.1 Å². The van der Waals surface area contributed by atoms with E-state index < -0.39 is 11.6 Å². The number of hydrogen-bond acceptors (Lipinski definition) is 4. The topological polar surface area (TPSA) is 58.9 Å². The molecule has 1 aromatic rings. The van der Waals surface area contributed by atoms with Crippen molar-refractivity contribution in [2.45, 2.75) is 45.2 Å². The molecule has 2 N–H and O–H groups in total. The highest BCUT2D eigenvalue weighted by molar-refractivity contribution is 5.64. The molecule has 0 aliphatic carbocycles. The molecule has 2 unspecified atom stereocenters. The molecule has 0 aromatic heterocycles. The number of ether oxygens (including phenoxy) is 2. The fraction of sp³-hybridized carbons (Fsp3) is 0.538. The molecule has 0 saturated carbocycles. The lowest BCUT2D eigenvalue weighted by Crippen LogP contribution is -2.48. The zero-order valence-corrected chi connectivity index (χ0v) is 10.2. The summed E-state index contributed by atoms with van der Waals surface area (Å²) in [5.41, 5.74) is 2.40. The summed E-state index contributed by atoms with van der Waals surface area (Å²) < 4.78 is 10.8. The number of rotatable bonds is 2. The molecule has 4 heteroatoms. The zero-order valence-electron chi connectivity index (χ0n) is 10.2. The second-order valence-electron chi connectivity index (χ2n) is 4.75. The van der Waals surface area contributed by atoms with E-state index in [9.17, 15) is 10.2 Å². The smallest absolute Gasteiger partial charge is 0.241 e. The van der Waals surface area contributed by atoms with E-state index in [1.54, 1.807) is 0 Å². The molecule has 2 atom stereocenters. The van der Waals surface area contributed by atoms with Crippen molar-refractivity contribution in [2.75, 3.05) is 0 Å². The van der Waals surface area contributed by atoms with Gasteiger partial charge in [-0.3, -0.25) is 0 Å². The van der Waals surface area contributed by atoms with Gasteiger partial charge in [-0.15, -0.1) is 0 Å². The van der Waals surface area contributed by atoms with E-state index >= 15 is 0 Å². The Labute approximate surface area is 99.8 Å². The molecule has 0 amide bonds. The SMILES string of the molecule is CCC1(O)Oc2c1c(C)cc1c2C(O)(CC)O1. The van der Waals surface area contributed by atoms with Gasteiger partial charge in [-0.2, -0.15) is 0 Å². The van der Waals surface area contributed by atoms with E-state index in [1.165, 1.54) is 0 Å². The number of aliphatic hydroxyl groups is 2. The first-order chi connectivity index (χ1) is 7.95. The summed E-state index contributed by atoms with van der Waals surface area (Å²) in [5, 5.41) is 20.3. The average molecular weight is 236 g/mol. The van der Waals surface area contributed by atoms with Gasteiger partial charge in [0.1, 0.15) is 17.1 Å². The predicted molar refractivity (Wildman–Crippen MR) is 60.8 cm³/mol. The normalized spacial score (nSPS) is 32.5. The molecule has 0 spiro atoms. The van der Waals surface area contributed by atoms with Crippen LogP contribution >= 0.6 is 0 Å². The number of aryl methyl sites for hydroxylation is 1. The third-order valence-electron chi connectivity index (χ3n) is 3.73. The number of benzene rings is 1. The van der Waals surface area contributed by atoms with Crippen molar-refractivity contribution in [2.24, 2.45) is 0 Å². The van der Waals surface area contributed by atoms with E-state index in [-0.39, 0.29) is 0 Å². The molecular formula is C13H16O4. The molecule has 0 bridgehead atoms. The quantitative estimate of drug-likeness (QED) is 0.823.